The van der Waals surface area contributed by atoms with E-state index in [1.165, 1.54) is 17.4 Å². The second-order valence-electron chi connectivity index (χ2n) is 5.88. The van der Waals surface area contributed by atoms with Crippen molar-refractivity contribution in [1.82, 2.24) is 10.0 Å². The van der Waals surface area contributed by atoms with Crippen molar-refractivity contribution in [2.75, 3.05) is 11.9 Å². The van der Waals surface area contributed by atoms with Crippen molar-refractivity contribution >= 4 is 54.8 Å². The molecular formula is C18H20BrN3O4S2. The summed E-state index contributed by atoms with van der Waals surface area (Å²) in [5.74, 6) is -0.874. The molecule has 28 heavy (non-hydrogen) atoms. The Labute approximate surface area is 176 Å². The Balaban J connectivity index is 1.91. The van der Waals surface area contributed by atoms with E-state index in [0.29, 0.717) is 16.1 Å². The average molecular weight is 486 g/mol. The van der Waals surface area contributed by atoms with Crippen LogP contribution in [0.4, 0.5) is 5.69 Å². The Morgan fingerprint density at radius 2 is 1.89 bits per heavy atom. The summed E-state index contributed by atoms with van der Waals surface area (Å²) in [5, 5.41) is 5.32. The van der Waals surface area contributed by atoms with Gasteiger partial charge in [-0.25, -0.2) is 13.1 Å². The number of hydrogen-bond donors (Lipinski definition) is 3. The first-order chi connectivity index (χ1) is 13.2. The van der Waals surface area contributed by atoms with Gasteiger partial charge in [0.1, 0.15) is 6.04 Å². The van der Waals surface area contributed by atoms with Crippen molar-refractivity contribution in [2.45, 2.75) is 18.7 Å². The quantitative estimate of drug-likeness (QED) is 0.474. The number of nitrogens with one attached hydrogen (secondary N) is 3. The van der Waals surface area contributed by atoms with Crippen molar-refractivity contribution in [3.63, 3.8) is 0 Å². The summed E-state index contributed by atoms with van der Waals surface area (Å²) in [6.07, 6.45) is 1.47. The summed E-state index contributed by atoms with van der Waals surface area (Å²) in [6.45, 7) is 5.22. The molecule has 0 saturated heterocycles. The van der Waals surface area contributed by atoms with Gasteiger partial charge in [0, 0.05) is 12.2 Å². The molecule has 1 unspecified atom stereocenters. The van der Waals surface area contributed by atoms with E-state index >= 15 is 0 Å². The van der Waals surface area contributed by atoms with E-state index in [1.54, 1.807) is 43.3 Å². The molecule has 2 aromatic rings. The lowest BCUT2D eigenvalue weighted by molar-refractivity contribution is -0.117. The lowest BCUT2D eigenvalue weighted by atomic mass is 10.2. The predicted molar refractivity (Wildman–Crippen MR) is 115 cm³/mol. The van der Waals surface area contributed by atoms with Crippen LogP contribution in [0.25, 0.3) is 0 Å². The molecule has 1 aromatic heterocycles. The van der Waals surface area contributed by atoms with Crippen LogP contribution in [0.15, 0.2) is 52.8 Å². The third kappa shape index (κ3) is 6.86. The van der Waals surface area contributed by atoms with E-state index < -0.39 is 16.1 Å². The molecule has 0 bridgehead atoms. The number of hydrogen-bond acceptors (Lipinski definition) is 5. The van der Waals surface area contributed by atoms with Crippen LogP contribution in [-0.2, 0) is 20.6 Å². The van der Waals surface area contributed by atoms with E-state index in [4.69, 9.17) is 0 Å². The number of carbonyl (C=O) groups excluding carboxylic acids is 2. The van der Waals surface area contributed by atoms with Gasteiger partial charge < -0.3 is 10.6 Å². The summed E-state index contributed by atoms with van der Waals surface area (Å²) >= 11 is 4.57. The number of anilines is 1. The average Bonchev–Trinajstić information content (AvgIpc) is 3.08. The maximum Gasteiger partial charge on any atom is 0.262 e. The Hall–Kier alpha value is -2.01. The van der Waals surface area contributed by atoms with E-state index in [0.717, 1.165) is 3.79 Å². The molecule has 1 heterocycles. The highest BCUT2D eigenvalue weighted by atomic mass is 79.9. The van der Waals surface area contributed by atoms with Gasteiger partial charge in [0.25, 0.3) is 5.91 Å². The maximum absolute atomic E-state index is 12.3. The Kier molecular flexibility index (Phi) is 7.93. The Morgan fingerprint density at radius 1 is 1.21 bits per heavy atom. The van der Waals surface area contributed by atoms with Gasteiger partial charge in [0.15, 0.2) is 0 Å². The van der Waals surface area contributed by atoms with Gasteiger partial charge >= 0.3 is 0 Å². The molecule has 0 fully saturated rings. The van der Waals surface area contributed by atoms with Crippen LogP contribution >= 0.6 is 27.3 Å². The molecule has 1 aromatic carbocycles. The molecule has 10 heteroatoms. The molecule has 1 atom stereocenters. The van der Waals surface area contributed by atoms with Gasteiger partial charge in [-0.05, 0) is 52.7 Å². The second kappa shape index (κ2) is 9.97. The zero-order chi connectivity index (χ0) is 20.7. The monoisotopic (exact) mass is 485 g/mol. The zero-order valence-corrected chi connectivity index (χ0v) is 18.3. The zero-order valence-electron chi connectivity index (χ0n) is 15.1. The molecule has 0 aliphatic rings. The maximum atomic E-state index is 12.3. The third-order valence-electron chi connectivity index (χ3n) is 3.56. The fourth-order valence-corrected chi connectivity index (χ4v) is 4.56. The Morgan fingerprint density at radius 3 is 2.46 bits per heavy atom. The molecule has 0 aliphatic heterocycles. The lowest BCUT2D eigenvalue weighted by Crippen LogP contribution is -2.41. The normalized spacial score (nSPS) is 12.2. The smallest absolute Gasteiger partial charge is 0.262 e. The van der Waals surface area contributed by atoms with Crippen molar-refractivity contribution in [3.05, 3.63) is 63.3 Å². The van der Waals surface area contributed by atoms with Crippen LogP contribution in [0.1, 0.15) is 22.2 Å². The molecule has 3 N–H and O–H groups in total. The fourth-order valence-electron chi connectivity index (χ4n) is 2.16. The molecule has 0 spiro atoms. The first-order valence-corrected chi connectivity index (χ1v) is 11.5. The van der Waals surface area contributed by atoms with Crippen molar-refractivity contribution in [2.24, 2.45) is 0 Å². The predicted octanol–water partition coefficient (Wildman–Crippen LogP) is 2.87. The van der Waals surface area contributed by atoms with Crippen molar-refractivity contribution in [1.29, 1.82) is 0 Å². The number of sulfonamides is 1. The number of rotatable bonds is 9. The first-order valence-electron chi connectivity index (χ1n) is 8.24. The largest absolute Gasteiger partial charge is 0.340 e. The van der Waals surface area contributed by atoms with Crippen LogP contribution in [-0.4, -0.2) is 32.8 Å². The van der Waals surface area contributed by atoms with Gasteiger partial charge in [-0.3, -0.25) is 9.59 Å². The topological polar surface area (TPSA) is 104 Å². The molecular weight excluding hydrogens is 466 g/mol. The van der Waals surface area contributed by atoms with Crippen LogP contribution in [0, 0.1) is 0 Å². The van der Waals surface area contributed by atoms with E-state index in [-0.39, 0.29) is 24.1 Å². The van der Waals surface area contributed by atoms with Crippen LogP contribution < -0.4 is 15.4 Å². The Bertz CT molecular complexity index is 955. The van der Waals surface area contributed by atoms with Gasteiger partial charge in [-0.2, -0.15) is 0 Å². The highest BCUT2D eigenvalue weighted by molar-refractivity contribution is 9.11. The van der Waals surface area contributed by atoms with Crippen LogP contribution in [0.5, 0.6) is 0 Å². The first kappa shape index (κ1) is 22.3. The summed E-state index contributed by atoms with van der Waals surface area (Å²) in [7, 11) is -3.44. The standard InChI is InChI=1S/C18H20BrN3O4S2/c1-3-10-20-28(25,26)11-13-4-6-14(7-5-13)22-17(23)12(2)21-18(24)15-8-9-16(19)27-15/h3-9,12,20H,1,10-11H2,2H3,(H,21,24)(H,22,23). The van der Waals surface area contributed by atoms with E-state index in [2.05, 4.69) is 37.9 Å². The van der Waals surface area contributed by atoms with Crippen LogP contribution in [0.2, 0.25) is 0 Å². The molecule has 7 nitrogen and oxygen atoms in total. The van der Waals surface area contributed by atoms with E-state index in [1.807, 2.05) is 0 Å². The number of amides is 2. The van der Waals surface area contributed by atoms with Gasteiger partial charge in [0.05, 0.1) is 14.4 Å². The van der Waals surface area contributed by atoms with Gasteiger partial charge in [-0.1, -0.05) is 18.2 Å². The molecule has 150 valence electrons. The molecule has 2 amide bonds. The van der Waals surface area contributed by atoms with Crippen LogP contribution in [0.3, 0.4) is 0 Å². The number of thiophene rings is 1. The lowest BCUT2D eigenvalue weighted by Gasteiger charge is -2.14. The number of halogens is 1. The summed E-state index contributed by atoms with van der Waals surface area (Å²) in [4.78, 5) is 24.9. The van der Waals surface area contributed by atoms with E-state index in [9.17, 15) is 18.0 Å². The third-order valence-corrected chi connectivity index (χ3v) is 6.51. The minimum Gasteiger partial charge on any atom is -0.340 e. The van der Waals surface area contributed by atoms with Crippen molar-refractivity contribution < 1.29 is 18.0 Å². The summed E-state index contributed by atoms with van der Waals surface area (Å²) < 4.78 is 26.9. The molecule has 2 rings (SSSR count). The van der Waals surface area contributed by atoms with Crippen molar-refractivity contribution in [3.8, 4) is 0 Å². The minimum atomic E-state index is -3.44. The van der Waals surface area contributed by atoms with Gasteiger partial charge in [-0.15, -0.1) is 17.9 Å². The molecule has 0 saturated carbocycles. The summed E-state index contributed by atoms with van der Waals surface area (Å²) in [6, 6.07) is 9.16. The minimum absolute atomic E-state index is 0.169. The highest BCUT2D eigenvalue weighted by Gasteiger charge is 2.18. The van der Waals surface area contributed by atoms with Gasteiger partial charge in [0.2, 0.25) is 15.9 Å². The summed E-state index contributed by atoms with van der Waals surface area (Å²) in [5.41, 5.74) is 1.09. The SMILES string of the molecule is C=CCNS(=O)(=O)Cc1ccc(NC(=O)C(C)NC(=O)c2ccc(Br)s2)cc1. The number of benzene rings is 1. The fraction of sp³-hybridized carbons (Fsp3) is 0.222. The number of carbonyl (C=O) groups is 2. The highest BCUT2D eigenvalue weighted by Crippen LogP contribution is 2.22. The molecule has 0 radical (unpaired) electrons. The second-order valence-corrected chi connectivity index (χ2v) is 10.2. The molecule has 0 aliphatic carbocycles.